The summed E-state index contributed by atoms with van der Waals surface area (Å²) in [4.78, 5) is 8.52. The van der Waals surface area contributed by atoms with Crippen molar-refractivity contribution in [3.63, 3.8) is 0 Å². The molecule has 0 bridgehead atoms. The monoisotopic (exact) mass is 228 g/mol. The van der Waals surface area contributed by atoms with E-state index < -0.39 is 0 Å². The van der Waals surface area contributed by atoms with E-state index in [4.69, 9.17) is 4.74 Å². The highest BCUT2D eigenvalue weighted by atomic mass is 16.5. The van der Waals surface area contributed by atoms with Gasteiger partial charge in [0.25, 0.3) is 0 Å². The molecule has 1 aromatic carbocycles. The molecular weight excluding hydrogens is 212 g/mol. The molecule has 1 aromatic heterocycles. The smallest absolute Gasteiger partial charge is 0.232 e. The zero-order valence-electron chi connectivity index (χ0n) is 9.97. The van der Waals surface area contributed by atoms with Crippen molar-refractivity contribution in [2.45, 2.75) is 26.4 Å². The SMILES string of the molecule is CCCc1cnc(OCc2ccccc2)cn1. The molecule has 0 aliphatic carbocycles. The van der Waals surface area contributed by atoms with Crippen LogP contribution in [0.25, 0.3) is 0 Å². The molecule has 0 atom stereocenters. The van der Waals surface area contributed by atoms with Crippen molar-refractivity contribution in [3.05, 3.63) is 54.0 Å². The van der Waals surface area contributed by atoms with Crippen molar-refractivity contribution < 1.29 is 4.74 Å². The fraction of sp³-hybridized carbons (Fsp3) is 0.286. The minimum absolute atomic E-state index is 0.530. The van der Waals surface area contributed by atoms with Crippen LogP contribution in [0, 0.1) is 0 Å². The minimum atomic E-state index is 0.530. The molecule has 3 nitrogen and oxygen atoms in total. The van der Waals surface area contributed by atoms with E-state index in [9.17, 15) is 0 Å². The average molecular weight is 228 g/mol. The van der Waals surface area contributed by atoms with Gasteiger partial charge in [0.15, 0.2) is 0 Å². The molecular formula is C14H16N2O. The summed E-state index contributed by atoms with van der Waals surface area (Å²) >= 11 is 0. The zero-order chi connectivity index (χ0) is 11.9. The van der Waals surface area contributed by atoms with Crippen molar-refractivity contribution in [2.75, 3.05) is 0 Å². The van der Waals surface area contributed by atoms with E-state index in [0.717, 1.165) is 24.1 Å². The number of aryl methyl sites for hydroxylation is 1. The minimum Gasteiger partial charge on any atom is -0.472 e. The lowest BCUT2D eigenvalue weighted by atomic mass is 10.2. The van der Waals surface area contributed by atoms with E-state index in [-0.39, 0.29) is 0 Å². The first-order valence-corrected chi connectivity index (χ1v) is 5.86. The van der Waals surface area contributed by atoms with Gasteiger partial charge < -0.3 is 4.74 Å². The Bertz CT molecular complexity index is 440. The average Bonchev–Trinajstić information content (AvgIpc) is 2.40. The maximum absolute atomic E-state index is 5.55. The molecule has 0 fully saturated rings. The molecule has 2 rings (SSSR count). The molecule has 88 valence electrons. The largest absolute Gasteiger partial charge is 0.472 e. The van der Waals surface area contributed by atoms with Gasteiger partial charge in [-0.05, 0) is 12.0 Å². The summed E-state index contributed by atoms with van der Waals surface area (Å²) in [6.07, 6.45) is 5.52. The highest BCUT2D eigenvalue weighted by molar-refractivity contribution is 5.15. The van der Waals surface area contributed by atoms with Gasteiger partial charge in [0.1, 0.15) is 6.61 Å². The molecule has 0 radical (unpaired) electrons. The van der Waals surface area contributed by atoms with Gasteiger partial charge in [-0.15, -0.1) is 0 Å². The molecule has 0 amide bonds. The van der Waals surface area contributed by atoms with Crippen molar-refractivity contribution >= 4 is 0 Å². The summed E-state index contributed by atoms with van der Waals surface area (Å²) in [5.41, 5.74) is 2.14. The Kier molecular flexibility index (Phi) is 4.08. The van der Waals surface area contributed by atoms with E-state index in [1.54, 1.807) is 12.4 Å². The molecule has 0 N–H and O–H groups in total. The molecule has 0 aliphatic rings. The van der Waals surface area contributed by atoms with Crippen LogP contribution in [0.5, 0.6) is 5.88 Å². The molecule has 17 heavy (non-hydrogen) atoms. The van der Waals surface area contributed by atoms with Crippen molar-refractivity contribution in [2.24, 2.45) is 0 Å². The third kappa shape index (κ3) is 3.55. The Labute approximate surface area is 102 Å². The summed E-state index contributed by atoms with van der Waals surface area (Å²) in [7, 11) is 0. The van der Waals surface area contributed by atoms with Gasteiger partial charge in [-0.3, -0.25) is 4.98 Å². The Morgan fingerprint density at radius 1 is 1.06 bits per heavy atom. The maximum atomic E-state index is 5.55. The Balaban J connectivity index is 1.91. The molecule has 0 unspecified atom stereocenters. The normalized spacial score (nSPS) is 10.2. The van der Waals surface area contributed by atoms with Crippen LogP contribution >= 0.6 is 0 Å². The van der Waals surface area contributed by atoms with Gasteiger partial charge in [-0.1, -0.05) is 43.7 Å². The van der Waals surface area contributed by atoms with Crippen molar-refractivity contribution in [1.82, 2.24) is 9.97 Å². The van der Waals surface area contributed by atoms with E-state index in [0.29, 0.717) is 12.5 Å². The lowest BCUT2D eigenvalue weighted by Gasteiger charge is -2.05. The second kappa shape index (κ2) is 5.99. The topological polar surface area (TPSA) is 35.0 Å². The van der Waals surface area contributed by atoms with Crippen LogP contribution in [0.15, 0.2) is 42.7 Å². The predicted molar refractivity (Wildman–Crippen MR) is 66.8 cm³/mol. The number of ether oxygens (including phenoxy) is 1. The van der Waals surface area contributed by atoms with Crippen LogP contribution < -0.4 is 4.74 Å². The number of nitrogens with zero attached hydrogens (tertiary/aromatic N) is 2. The Hall–Kier alpha value is -1.90. The lowest BCUT2D eigenvalue weighted by molar-refractivity contribution is 0.292. The third-order valence-electron chi connectivity index (χ3n) is 2.42. The third-order valence-corrected chi connectivity index (χ3v) is 2.42. The van der Waals surface area contributed by atoms with E-state index in [1.807, 2.05) is 30.3 Å². The van der Waals surface area contributed by atoms with Crippen molar-refractivity contribution in [1.29, 1.82) is 0 Å². The summed E-state index contributed by atoms with van der Waals surface area (Å²) in [6, 6.07) is 10.0. The van der Waals surface area contributed by atoms with Gasteiger partial charge in [0, 0.05) is 0 Å². The highest BCUT2D eigenvalue weighted by Crippen LogP contribution is 2.08. The molecule has 1 heterocycles. The van der Waals surface area contributed by atoms with Gasteiger partial charge in [0.2, 0.25) is 5.88 Å². The van der Waals surface area contributed by atoms with Crippen LogP contribution in [-0.2, 0) is 13.0 Å². The molecule has 0 saturated carbocycles. The fourth-order valence-corrected chi connectivity index (χ4v) is 1.53. The number of benzene rings is 1. The van der Waals surface area contributed by atoms with Gasteiger partial charge >= 0.3 is 0 Å². The van der Waals surface area contributed by atoms with E-state index >= 15 is 0 Å². The predicted octanol–water partition coefficient (Wildman–Crippen LogP) is 3.01. The maximum Gasteiger partial charge on any atom is 0.232 e. The molecule has 0 aliphatic heterocycles. The Morgan fingerprint density at radius 3 is 2.53 bits per heavy atom. The second-order valence-corrected chi connectivity index (χ2v) is 3.87. The van der Waals surface area contributed by atoms with Crippen LogP contribution in [0.3, 0.4) is 0 Å². The molecule has 0 saturated heterocycles. The lowest BCUT2D eigenvalue weighted by Crippen LogP contribution is -1.99. The number of aromatic nitrogens is 2. The summed E-state index contributed by atoms with van der Waals surface area (Å²) in [6.45, 7) is 2.66. The first-order valence-electron chi connectivity index (χ1n) is 5.86. The van der Waals surface area contributed by atoms with Crippen molar-refractivity contribution in [3.8, 4) is 5.88 Å². The van der Waals surface area contributed by atoms with Gasteiger partial charge in [-0.25, -0.2) is 4.98 Å². The van der Waals surface area contributed by atoms with Gasteiger partial charge in [0.05, 0.1) is 18.1 Å². The number of hydrogen-bond acceptors (Lipinski definition) is 3. The number of rotatable bonds is 5. The summed E-state index contributed by atoms with van der Waals surface area (Å²) in [5.74, 6) is 0.578. The summed E-state index contributed by atoms with van der Waals surface area (Å²) in [5, 5.41) is 0. The molecule has 2 aromatic rings. The van der Waals surface area contributed by atoms with Crippen LogP contribution in [0.4, 0.5) is 0 Å². The number of hydrogen-bond donors (Lipinski definition) is 0. The molecule has 0 spiro atoms. The first-order chi connectivity index (χ1) is 8.38. The quantitative estimate of drug-likeness (QED) is 0.789. The van der Waals surface area contributed by atoms with Crippen LogP contribution in [0.2, 0.25) is 0 Å². The second-order valence-electron chi connectivity index (χ2n) is 3.87. The Morgan fingerprint density at radius 2 is 1.88 bits per heavy atom. The van der Waals surface area contributed by atoms with E-state index in [2.05, 4.69) is 16.9 Å². The van der Waals surface area contributed by atoms with Gasteiger partial charge in [-0.2, -0.15) is 0 Å². The summed E-state index contributed by atoms with van der Waals surface area (Å²) < 4.78 is 5.55. The fourth-order valence-electron chi connectivity index (χ4n) is 1.53. The first kappa shape index (κ1) is 11.6. The van der Waals surface area contributed by atoms with Crippen LogP contribution in [-0.4, -0.2) is 9.97 Å². The standard InChI is InChI=1S/C14H16N2O/c1-2-6-13-9-16-14(10-15-13)17-11-12-7-4-3-5-8-12/h3-5,7-10H,2,6,11H2,1H3. The van der Waals surface area contributed by atoms with Crippen LogP contribution in [0.1, 0.15) is 24.6 Å². The zero-order valence-corrected chi connectivity index (χ0v) is 9.97. The highest BCUT2D eigenvalue weighted by Gasteiger charge is 1.98. The van der Waals surface area contributed by atoms with E-state index in [1.165, 1.54) is 0 Å². The molecule has 3 heteroatoms.